The fourth-order valence-electron chi connectivity index (χ4n) is 4.13. The van der Waals surface area contributed by atoms with Crippen molar-refractivity contribution in [3.8, 4) is 5.75 Å². The third kappa shape index (κ3) is 6.42. The molecule has 0 saturated carbocycles. The van der Waals surface area contributed by atoms with Crippen LogP contribution >= 0.6 is 8.15 Å². The van der Waals surface area contributed by atoms with Gasteiger partial charge in [0.05, 0.1) is 19.3 Å². The van der Waals surface area contributed by atoms with Gasteiger partial charge in [-0.1, -0.05) is 85.6 Å². The molecule has 0 fully saturated rings. The fourth-order valence-corrected chi connectivity index (χ4v) is 4.62. The molecule has 0 unspecified atom stereocenters. The number of methoxy groups -OCH3 is 1. The van der Waals surface area contributed by atoms with Crippen molar-refractivity contribution in [3.05, 3.63) is 102 Å². The Morgan fingerprint density at radius 2 is 1.22 bits per heavy atom. The fraction of sp³-hybridized carbons (Fsp3) is 0.357. The molecular formula is C28H36NO2P. The molecule has 32 heavy (non-hydrogen) atoms. The van der Waals surface area contributed by atoms with E-state index >= 15 is 0 Å². The number of hydrogen-bond donors (Lipinski definition) is 1. The monoisotopic (exact) mass is 449 g/mol. The molecule has 0 amide bonds. The quantitative estimate of drug-likeness (QED) is 0.177. The third-order valence-electron chi connectivity index (χ3n) is 5.75. The van der Waals surface area contributed by atoms with Crippen molar-refractivity contribution in [2.24, 2.45) is 0 Å². The smallest absolute Gasteiger partial charge is 0.118 e. The molecule has 0 saturated heterocycles. The number of unbranched alkanes of at least 4 members (excludes halogenated alkanes) is 3. The van der Waals surface area contributed by atoms with Crippen molar-refractivity contribution in [2.45, 2.75) is 31.2 Å². The zero-order valence-corrected chi connectivity index (χ0v) is 20.5. The minimum absolute atomic E-state index is 0.246. The predicted molar refractivity (Wildman–Crippen MR) is 137 cm³/mol. The van der Waals surface area contributed by atoms with Crippen LogP contribution in [0.15, 0.2) is 84.9 Å². The summed E-state index contributed by atoms with van der Waals surface area (Å²) >= 11 is 0. The van der Waals surface area contributed by atoms with Gasteiger partial charge in [-0.2, -0.15) is 0 Å². The zero-order chi connectivity index (χ0) is 22.7. The maximum absolute atomic E-state index is 5.73. The molecule has 0 aliphatic heterocycles. The van der Waals surface area contributed by atoms with Gasteiger partial charge in [-0.3, -0.25) is 5.32 Å². The molecule has 0 heterocycles. The molecule has 0 aliphatic carbocycles. The van der Waals surface area contributed by atoms with E-state index in [4.69, 9.17) is 9.26 Å². The molecule has 0 atom stereocenters. The maximum Gasteiger partial charge on any atom is 0.118 e. The van der Waals surface area contributed by atoms with Crippen molar-refractivity contribution in [3.63, 3.8) is 0 Å². The highest BCUT2D eigenvalue weighted by Crippen LogP contribution is 2.37. The van der Waals surface area contributed by atoms with Crippen LogP contribution in [0.2, 0.25) is 0 Å². The topological polar surface area (TPSA) is 30.5 Å². The summed E-state index contributed by atoms with van der Waals surface area (Å²) in [5.74, 6) is 0.869. The minimum Gasteiger partial charge on any atom is -0.497 e. The van der Waals surface area contributed by atoms with Crippen molar-refractivity contribution in [1.82, 2.24) is 5.32 Å². The first kappa shape index (κ1) is 24.5. The molecule has 0 aliphatic rings. The molecule has 4 heteroatoms. The Morgan fingerprint density at radius 3 is 1.75 bits per heavy atom. The minimum atomic E-state index is -0.418. The number of benzene rings is 3. The van der Waals surface area contributed by atoms with Crippen LogP contribution in [0.3, 0.4) is 0 Å². The van der Waals surface area contributed by atoms with Gasteiger partial charge in [0.15, 0.2) is 0 Å². The normalized spacial score (nSPS) is 11.6. The first-order valence-corrected chi connectivity index (χ1v) is 13.6. The van der Waals surface area contributed by atoms with Crippen LogP contribution in [-0.2, 0) is 10.1 Å². The highest BCUT2D eigenvalue weighted by Gasteiger charge is 2.35. The van der Waals surface area contributed by atoms with Gasteiger partial charge in [-0.15, -0.1) is 0 Å². The van der Waals surface area contributed by atoms with E-state index in [1.165, 1.54) is 29.5 Å². The molecule has 170 valence electrons. The molecule has 1 N–H and O–H groups in total. The first-order valence-electron chi connectivity index (χ1n) is 11.5. The predicted octanol–water partition coefficient (Wildman–Crippen LogP) is 6.81. The second-order valence-corrected chi connectivity index (χ2v) is 10.1. The van der Waals surface area contributed by atoms with Crippen LogP contribution in [-0.4, -0.2) is 33.6 Å². The molecule has 0 aromatic heterocycles. The highest BCUT2D eigenvalue weighted by atomic mass is 31.1. The van der Waals surface area contributed by atoms with Crippen LogP contribution < -0.4 is 10.1 Å². The molecular weight excluding hydrogens is 413 g/mol. The van der Waals surface area contributed by atoms with Crippen LogP contribution in [0.5, 0.6) is 5.75 Å². The Morgan fingerprint density at radius 1 is 0.688 bits per heavy atom. The summed E-state index contributed by atoms with van der Waals surface area (Å²) in [7, 11) is 1.46. The van der Waals surface area contributed by atoms with Gasteiger partial charge in [0.1, 0.15) is 5.75 Å². The van der Waals surface area contributed by atoms with E-state index in [0.717, 1.165) is 31.7 Å². The first-order chi connectivity index (χ1) is 15.7. The summed E-state index contributed by atoms with van der Waals surface area (Å²) in [6, 6.07) is 30.0. The zero-order valence-electron chi connectivity index (χ0n) is 19.6. The standard InChI is InChI=1S/C28H36NO2P/c1-30-27-20-18-26(19-21-27)28(24-14-8-6-9-15-24,25-16-10-7-11-17-25)29-22-12-4-5-13-23-31-32(2)3/h6-11,14-21,29H,4-5,12-13,22-23H2,1-3H3. The summed E-state index contributed by atoms with van der Waals surface area (Å²) in [6.45, 7) is 6.14. The highest BCUT2D eigenvalue weighted by molar-refractivity contribution is 7.50. The van der Waals surface area contributed by atoms with Crippen LogP contribution in [0.4, 0.5) is 0 Å². The van der Waals surface area contributed by atoms with E-state index in [1.807, 2.05) is 12.1 Å². The lowest BCUT2D eigenvalue weighted by Gasteiger charge is -2.37. The van der Waals surface area contributed by atoms with Crippen molar-refractivity contribution in [2.75, 3.05) is 33.6 Å². The third-order valence-corrected chi connectivity index (χ3v) is 6.45. The SMILES string of the molecule is COc1ccc(C(NCCCCCCOP(C)C)(c2ccccc2)c2ccccc2)cc1. The van der Waals surface area contributed by atoms with E-state index < -0.39 is 5.54 Å². The Balaban J connectivity index is 1.83. The Bertz CT molecular complexity index is 858. The van der Waals surface area contributed by atoms with Crippen LogP contribution in [0.25, 0.3) is 0 Å². The molecule has 3 aromatic carbocycles. The summed E-state index contributed by atoms with van der Waals surface area (Å²) in [5, 5.41) is 3.96. The summed E-state index contributed by atoms with van der Waals surface area (Å²) in [5.41, 5.74) is 3.27. The van der Waals surface area contributed by atoms with Crippen molar-refractivity contribution >= 4 is 8.15 Å². The van der Waals surface area contributed by atoms with E-state index in [0.29, 0.717) is 0 Å². The van der Waals surface area contributed by atoms with Gasteiger partial charge in [-0.05, 0) is 61.5 Å². The van der Waals surface area contributed by atoms with Gasteiger partial charge >= 0.3 is 0 Å². The van der Waals surface area contributed by atoms with Gasteiger partial charge in [0.2, 0.25) is 0 Å². The summed E-state index contributed by atoms with van der Waals surface area (Å²) < 4.78 is 11.2. The molecule has 0 radical (unpaired) electrons. The average Bonchev–Trinajstić information content (AvgIpc) is 2.84. The molecule has 0 spiro atoms. The van der Waals surface area contributed by atoms with Gasteiger partial charge in [0, 0.05) is 8.15 Å². The van der Waals surface area contributed by atoms with Crippen molar-refractivity contribution < 1.29 is 9.26 Å². The van der Waals surface area contributed by atoms with Crippen LogP contribution in [0.1, 0.15) is 42.4 Å². The summed E-state index contributed by atoms with van der Waals surface area (Å²) in [6.07, 6.45) is 4.67. The van der Waals surface area contributed by atoms with Crippen molar-refractivity contribution in [1.29, 1.82) is 0 Å². The Kier molecular flexibility index (Phi) is 9.74. The van der Waals surface area contributed by atoms with E-state index in [-0.39, 0.29) is 8.15 Å². The maximum atomic E-state index is 5.73. The number of hydrogen-bond acceptors (Lipinski definition) is 3. The molecule has 3 nitrogen and oxygen atoms in total. The molecule has 3 aromatic rings. The number of nitrogens with one attached hydrogen (secondary N) is 1. The lowest BCUT2D eigenvalue weighted by molar-refractivity contribution is 0.339. The Labute approximate surface area is 195 Å². The Hall–Kier alpha value is -2.19. The van der Waals surface area contributed by atoms with E-state index in [9.17, 15) is 0 Å². The lowest BCUT2D eigenvalue weighted by atomic mass is 9.77. The van der Waals surface area contributed by atoms with Crippen LogP contribution in [0, 0.1) is 0 Å². The average molecular weight is 450 g/mol. The second kappa shape index (κ2) is 12.7. The van der Waals surface area contributed by atoms with Gasteiger partial charge in [-0.25, -0.2) is 0 Å². The summed E-state index contributed by atoms with van der Waals surface area (Å²) in [4.78, 5) is 0. The second-order valence-electron chi connectivity index (χ2n) is 8.20. The van der Waals surface area contributed by atoms with E-state index in [2.05, 4.69) is 91.4 Å². The number of rotatable bonds is 13. The molecule has 3 rings (SSSR count). The molecule has 0 bridgehead atoms. The largest absolute Gasteiger partial charge is 0.497 e. The van der Waals surface area contributed by atoms with Gasteiger partial charge in [0.25, 0.3) is 0 Å². The van der Waals surface area contributed by atoms with Gasteiger partial charge < -0.3 is 9.26 Å². The lowest BCUT2D eigenvalue weighted by Crippen LogP contribution is -2.45. The number of ether oxygens (including phenoxy) is 1. The van der Waals surface area contributed by atoms with E-state index in [1.54, 1.807) is 7.11 Å².